The Morgan fingerprint density at radius 3 is 2.26 bits per heavy atom. The van der Waals surface area contributed by atoms with Crippen molar-refractivity contribution in [3.8, 4) is 17.2 Å². The van der Waals surface area contributed by atoms with Crippen LogP contribution in [0.15, 0.2) is 41.2 Å². The maximum atomic E-state index is 13.3. The van der Waals surface area contributed by atoms with Gasteiger partial charge in [-0.25, -0.2) is 0 Å². The number of hydrogen-bond acceptors (Lipinski definition) is 4. The van der Waals surface area contributed by atoms with Gasteiger partial charge in [-0.15, -0.1) is 0 Å². The molecular formula is C26H29NO4. The second-order valence-electron chi connectivity index (χ2n) is 9.02. The van der Waals surface area contributed by atoms with Gasteiger partial charge in [0.2, 0.25) is 5.75 Å². The van der Waals surface area contributed by atoms with Crippen LogP contribution < -0.4 is 19.8 Å². The number of nitrogens with one attached hydrogen (secondary N) is 1. The Balaban J connectivity index is 1.69. The molecule has 1 unspecified atom stereocenters. The first kappa shape index (κ1) is 20.0. The van der Waals surface area contributed by atoms with Gasteiger partial charge in [-0.2, -0.15) is 0 Å². The van der Waals surface area contributed by atoms with Crippen LogP contribution >= 0.6 is 0 Å². The third-order valence-corrected chi connectivity index (χ3v) is 7.63. The van der Waals surface area contributed by atoms with E-state index in [0.29, 0.717) is 35.0 Å². The van der Waals surface area contributed by atoms with E-state index in [9.17, 15) is 4.79 Å². The molecule has 162 valence electrons. The summed E-state index contributed by atoms with van der Waals surface area (Å²) in [5, 5.41) is 1.17. The van der Waals surface area contributed by atoms with E-state index in [1.54, 1.807) is 21.3 Å². The Morgan fingerprint density at radius 2 is 1.61 bits per heavy atom. The van der Waals surface area contributed by atoms with Crippen molar-refractivity contribution in [2.45, 2.75) is 32.1 Å². The van der Waals surface area contributed by atoms with Gasteiger partial charge in [-0.05, 0) is 59.4 Å². The number of benzene rings is 2. The van der Waals surface area contributed by atoms with Crippen LogP contribution in [0, 0.1) is 17.8 Å². The number of rotatable bonds is 4. The molecule has 2 aliphatic rings. The summed E-state index contributed by atoms with van der Waals surface area (Å²) in [5.41, 5.74) is 4.31. The largest absolute Gasteiger partial charge is 0.493 e. The number of aromatic nitrogens is 1. The van der Waals surface area contributed by atoms with Gasteiger partial charge in [0.25, 0.3) is 5.56 Å². The first-order valence-corrected chi connectivity index (χ1v) is 10.9. The maximum Gasteiger partial charge on any atom is 0.252 e. The van der Waals surface area contributed by atoms with Crippen molar-refractivity contribution < 1.29 is 14.2 Å². The lowest BCUT2D eigenvalue weighted by Crippen LogP contribution is -2.50. The lowest BCUT2D eigenvalue weighted by Gasteiger charge is -2.56. The standard InChI is InChI=1S/C26H29NO4/c1-13-10-17-16-8-6-7-9-18(16)27-26(28)23(17)24-21(13)14(2)22(24)15-11-19(29-3)25(31-5)20(12-15)30-4/h6-9,11-14,21-22,24H,10H2,1-5H3,(H,27,28)/t13?,14-,21-,22-,24-/m0/s1. The molecule has 5 atom stereocenters. The Hall–Kier alpha value is -2.95. The number of methoxy groups -OCH3 is 3. The number of para-hydroxylation sites is 1. The number of fused-ring (bicyclic) bond motifs is 5. The van der Waals surface area contributed by atoms with Gasteiger partial charge in [0.15, 0.2) is 11.5 Å². The minimum atomic E-state index is 0.0555. The van der Waals surface area contributed by atoms with Crippen molar-refractivity contribution in [2.75, 3.05) is 21.3 Å². The van der Waals surface area contributed by atoms with Crippen molar-refractivity contribution >= 4 is 10.9 Å². The molecule has 1 aromatic heterocycles. The third kappa shape index (κ3) is 2.79. The first-order valence-electron chi connectivity index (χ1n) is 10.9. The molecule has 0 radical (unpaired) electrons. The summed E-state index contributed by atoms with van der Waals surface area (Å²) < 4.78 is 16.7. The van der Waals surface area contributed by atoms with Gasteiger partial charge in [-0.3, -0.25) is 4.79 Å². The van der Waals surface area contributed by atoms with Crippen LogP contribution in [0.25, 0.3) is 10.9 Å². The minimum absolute atomic E-state index is 0.0555. The van der Waals surface area contributed by atoms with Gasteiger partial charge in [-0.1, -0.05) is 32.0 Å². The molecule has 31 heavy (non-hydrogen) atoms. The molecule has 5 heteroatoms. The summed E-state index contributed by atoms with van der Waals surface area (Å²) in [6.45, 7) is 4.64. The van der Waals surface area contributed by atoms with Crippen molar-refractivity contribution in [3.05, 3.63) is 63.4 Å². The topological polar surface area (TPSA) is 60.6 Å². The van der Waals surface area contributed by atoms with E-state index < -0.39 is 0 Å². The molecule has 1 saturated carbocycles. The van der Waals surface area contributed by atoms with E-state index in [1.807, 2.05) is 24.3 Å². The van der Waals surface area contributed by atoms with E-state index in [0.717, 1.165) is 23.1 Å². The second-order valence-corrected chi connectivity index (χ2v) is 9.02. The molecule has 0 bridgehead atoms. The number of ether oxygens (including phenoxy) is 3. The van der Waals surface area contributed by atoms with Crippen LogP contribution in [-0.4, -0.2) is 26.3 Å². The number of pyridine rings is 1. The van der Waals surface area contributed by atoms with E-state index in [-0.39, 0.29) is 17.4 Å². The SMILES string of the molecule is COc1cc([C@@H]2[C@@H](C)[C@@H]3C(C)Cc4c(c(=O)[nH]c5ccccc45)[C@H]23)cc(OC)c1OC. The molecule has 1 heterocycles. The van der Waals surface area contributed by atoms with Gasteiger partial charge >= 0.3 is 0 Å². The van der Waals surface area contributed by atoms with E-state index >= 15 is 0 Å². The Morgan fingerprint density at radius 1 is 0.935 bits per heavy atom. The quantitative estimate of drug-likeness (QED) is 0.655. The highest BCUT2D eigenvalue weighted by Crippen LogP contribution is 2.63. The predicted molar refractivity (Wildman–Crippen MR) is 122 cm³/mol. The highest BCUT2D eigenvalue weighted by atomic mass is 16.5. The van der Waals surface area contributed by atoms with Gasteiger partial charge < -0.3 is 19.2 Å². The second kappa shape index (κ2) is 7.33. The third-order valence-electron chi connectivity index (χ3n) is 7.63. The summed E-state index contributed by atoms with van der Waals surface area (Å²) in [6.07, 6.45) is 0.952. The van der Waals surface area contributed by atoms with Crippen LogP contribution in [0.2, 0.25) is 0 Å². The lowest BCUT2D eigenvalue weighted by molar-refractivity contribution is 0.0429. The van der Waals surface area contributed by atoms with Crippen molar-refractivity contribution in [2.24, 2.45) is 17.8 Å². The van der Waals surface area contributed by atoms with Crippen LogP contribution in [0.3, 0.4) is 0 Å². The van der Waals surface area contributed by atoms with Crippen LogP contribution in [0.1, 0.15) is 42.4 Å². The first-order chi connectivity index (χ1) is 15.0. The smallest absolute Gasteiger partial charge is 0.252 e. The highest BCUT2D eigenvalue weighted by Gasteiger charge is 2.55. The fourth-order valence-electron chi connectivity index (χ4n) is 6.39. The maximum absolute atomic E-state index is 13.3. The van der Waals surface area contributed by atoms with E-state index in [2.05, 4.69) is 31.0 Å². The molecule has 3 aromatic rings. The zero-order valence-electron chi connectivity index (χ0n) is 18.7. The Labute approximate surface area is 182 Å². The number of hydrogen-bond donors (Lipinski definition) is 1. The number of H-pyrrole nitrogens is 1. The molecule has 2 aromatic carbocycles. The Kier molecular flexibility index (Phi) is 4.72. The van der Waals surface area contributed by atoms with E-state index in [1.165, 1.54) is 10.9 Å². The fourth-order valence-corrected chi connectivity index (χ4v) is 6.39. The number of aromatic amines is 1. The van der Waals surface area contributed by atoms with Gasteiger partial charge in [0, 0.05) is 22.4 Å². The average molecular weight is 420 g/mol. The summed E-state index contributed by atoms with van der Waals surface area (Å²) in [4.78, 5) is 16.4. The zero-order valence-corrected chi connectivity index (χ0v) is 18.7. The minimum Gasteiger partial charge on any atom is -0.493 e. The predicted octanol–water partition coefficient (Wildman–Crippen LogP) is 4.88. The zero-order chi connectivity index (χ0) is 21.9. The molecule has 0 spiro atoms. The summed E-state index contributed by atoms with van der Waals surface area (Å²) in [6, 6.07) is 12.3. The van der Waals surface area contributed by atoms with Gasteiger partial charge in [0.05, 0.1) is 21.3 Å². The molecule has 5 nitrogen and oxygen atoms in total. The monoisotopic (exact) mass is 419 g/mol. The van der Waals surface area contributed by atoms with Crippen molar-refractivity contribution in [1.29, 1.82) is 0 Å². The average Bonchev–Trinajstić information content (AvgIpc) is 2.77. The molecule has 1 fully saturated rings. The van der Waals surface area contributed by atoms with Crippen LogP contribution in [0.4, 0.5) is 0 Å². The summed E-state index contributed by atoms with van der Waals surface area (Å²) in [7, 11) is 4.90. The normalized spacial score (nSPS) is 26.5. The fraction of sp³-hybridized carbons (Fsp3) is 0.423. The summed E-state index contributed by atoms with van der Waals surface area (Å²) in [5.74, 6) is 3.79. The summed E-state index contributed by atoms with van der Waals surface area (Å²) >= 11 is 0. The van der Waals surface area contributed by atoms with Crippen LogP contribution in [-0.2, 0) is 6.42 Å². The lowest BCUT2D eigenvalue weighted by atomic mass is 9.47. The Bertz CT molecular complexity index is 1190. The highest BCUT2D eigenvalue weighted by molar-refractivity contribution is 5.83. The molecule has 0 aliphatic heterocycles. The molecular weight excluding hydrogens is 390 g/mol. The molecule has 0 amide bonds. The van der Waals surface area contributed by atoms with Gasteiger partial charge in [0.1, 0.15) is 0 Å². The van der Waals surface area contributed by atoms with E-state index in [4.69, 9.17) is 14.2 Å². The molecule has 1 N–H and O–H groups in total. The van der Waals surface area contributed by atoms with Crippen molar-refractivity contribution in [1.82, 2.24) is 4.98 Å². The molecule has 0 saturated heterocycles. The molecule has 2 aliphatic carbocycles. The van der Waals surface area contributed by atoms with Crippen molar-refractivity contribution in [3.63, 3.8) is 0 Å². The van der Waals surface area contributed by atoms with Crippen LogP contribution in [0.5, 0.6) is 17.2 Å². The molecule has 5 rings (SSSR count).